The van der Waals surface area contributed by atoms with Crippen LogP contribution in [0.5, 0.6) is 5.75 Å². The lowest BCUT2D eigenvalue weighted by atomic mass is 9.95. The first-order valence-electron chi connectivity index (χ1n) is 9.98. The Bertz CT molecular complexity index is 960. The number of anilines is 1. The predicted molar refractivity (Wildman–Crippen MR) is 111 cm³/mol. The summed E-state index contributed by atoms with van der Waals surface area (Å²) in [6.07, 6.45) is 4.58. The van der Waals surface area contributed by atoms with E-state index in [9.17, 15) is 13.2 Å². The molecule has 0 aliphatic heterocycles. The van der Waals surface area contributed by atoms with Crippen LogP contribution >= 0.6 is 0 Å². The number of methoxy groups -OCH3 is 1. The molecule has 4 rings (SSSR count). The second-order valence-corrected chi connectivity index (χ2v) is 9.73. The summed E-state index contributed by atoms with van der Waals surface area (Å²) >= 11 is 0. The third-order valence-electron chi connectivity index (χ3n) is 6.06. The molecule has 0 heterocycles. The van der Waals surface area contributed by atoms with Gasteiger partial charge in [-0.25, -0.2) is 8.42 Å². The third kappa shape index (κ3) is 4.10. The second kappa shape index (κ2) is 8.06. The van der Waals surface area contributed by atoms with E-state index in [1.807, 2.05) is 0 Å². The smallest absolute Gasteiger partial charge is 0.264 e. The molecule has 7 heteroatoms. The van der Waals surface area contributed by atoms with Crippen LogP contribution in [0.1, 0.15) is 25.7 Å². The molecular formula is C22H26N2O4S. The lowest BCUT2D eigenvalue weighted by molar-refractivity contribution is -0.120. The van der Waals surface area contributed by atoms with Crippen LogP contribution in [0, 0.1) is 11.8 Å². The molecule has 1 N–H and O–H groups in total. The van der Waals surface area contributed by atoms with Crippen molar-refractivity contribution in [3.05, 3.63) is 54.6 Å². The highest BCUT2D eigenvalue weighted by Crippen LogP contribution is 2.44. The van der Waals surface area contributed by atoms with Gasteiger partial charge in [-0.05, 0) is 67.5 Å². The van der Waals surface area contributed by atoms with Crippen molar-refractivity contribution < 1.29 is 17.9 Å². The first-order valence-corrected chi connectivity index (χ1v) is 11.4. The summed E-state index contributed by atoms with van der Waals surface area (Å²) in [6, 6.07) is 15.1. The minimum absolute atomic E-state index is 0.156. The average molecular weight is 415 g/mol. The molecule has 0 saturated heterocycles. The Hall–Kier alpha value is -2.54. The highest BCUT2D eigenvalue weighted by molar-refractivity contribution is 7.92. The summed E-state index contributed by atoms with van der Waals surface area (Å²) in [5, 5.41) is 3.09. The lowest BCUT2D eigenvalue weighted by Gasteiger charge is -2.27. The van der Waals surface area contributed by atoms with Crippen molar-refractivity contribution in [2.45, 2.75) is 36.6 Å². The van der Waals surface area contributed by atoms with Crippen LogP contribution in [0.3, 0.4) is 0 Å². The van der Waals surface area contributed by atoms with Gasteiger partial charge in [0.25, 0.3) is 10.0 Å². The number of ether oxygens (including phenoxy) is 1. The Morgan fingerprint density at radius 3 is 2.38 bits per heavy atom. The van der Waals surface area contributed by atoms with E-state index in [0.717, 1.165) is 12.8 Å². The van der Waals surface area contributed by atoms with Gasteiger partial charge in [-0.1, -0.05) is 24.6 Å². The van der Waals surface area contributed by atoms with Crippen molar-refractivity contribution in [1.82, 2.24) is 5.32 Å². The topological polar surface area (TPSA) is 75.7 Å². The van der Waals surface area contributed by atoms with Gasteiger partial charge in [0, 0.05) is 6.04 Å². The van der Waals surface area contributed by atoms with E-state index in [4.69, 9.17) is 4.74 Å². The van der Waals surface area contributed by atoms with Gasteiger partial charge < -0.3 is 10.1 Å². The van der Waals surface area contributed by atoms with Crippen molar-refractivity contribution in [2.75, 3.05) is 18.0 Å². The van der Waals surface area contributed by atoms with Crippen LogP contribution in [-0.2, 0) is 14.8 Å². The standard InChI is InChI=1S/C22H26N2O4S/c1-28-19-11-9-18(10-12-19)24(29(26,27)20-5-3-2-4-6-20)15-22(25)23-21-14-16-7-8-17(21)13-16/h2-6,9-12,16-17,21H,7-8,13-15H2,1H3,(H,23,25)/t16-,17-,21+/m1/s1. The number of fused-ring (bicyclic) bond motifs is 2. The highest BCUT2D eigenvalue weighted by Gasteiger charge is 2.40. The highest BCUT2D eigenvalue weighted by atomic mass is 32.2. The molecule has 2 bridgehead atoms. The first kappa shape index (κ1) is 19.8. The Morgan fingerprint density at radius 2 is 1.79 bits per heavy atom. The van der Waals surface area contributed by atoms with E-state index in [2.05, 4.69) is 5.32 Å². The number of carbonyl (C=O) groups is 1. The maximum Gasteiger partial charge on any atom is 0.264 e. The van der Waals surface area contributed by atoms with Crippen LogP contribution in [0.15, 0.2) is 59.5 Å². The summed E-state index contributed by atoms with van der Waals surface area (Å²) in [5.74, 6) is 1.59. The van der Waals surface area contributed by atoms with E-state index in [1.54, 1.807) is 61.7 Å². The van der Waals surface area contributed by atoms with Gasteiger partial charge in [-0.2, -0.15) is 0 Å². The van der Waals surface area contributed by atoms with Gasteiger partial charge in [0.05, 0.1) is 17.7 Å². The van der Waals surface area contributed by atoms with Crippen molar-refractivity contribution in [3.8, 4) is 5.75 Å². The van der Waals surface area contributed by atoms with Gasteiger partial charge >= 0.3 is 0 Å². The number of nitrogens with zero attached hydrogens (tertiary/aromatic N) is 1. The number of sulfonamides is 1. The molecule has 2 aromatic rings. The molecule has 0 unspecified atom stereocenters. The number of nitrogens with one attached hydrogen (secondary N) is 1. The maximum absolute atomic E-state index is 13.3. The van der Waals surface area contributed by atoms with Crippen LogP contribution in [0.25, 0.3) is 0 Å². The molecule has 2 aliphatic carbocycles. The molecule has 3 atom stereocenters. The van der Waals surface area contributed by atoms with Crippen LogP contribution in [-0.4, -0.2) is 34.0 Å². The van der Waals surface area contributed by atoms with Crippen molar-refractivity contribution >= 4 is 21.6 Å². The minimum atomic E-state index is -3.88. The fraction of sp³-hybridized carbons (Fsp3) is 0.409. The summed E-state index contributed by atoms with van der Waals surface area (Å²) in [5.41, 5.74) is 0.428. The Balaban J connectivity index is 1.58. The predicted octanol–water partition coefficient (Wildman–Crippen LogP) is 3.20. The number of rotatable bonds is 7. The molecule has 1 amide bonds. The molecule has 0 aromatic heterocycles. The molecule has 2 aliphatic rings. The third-order valence-corrected chi connectivity index (χ3v) is 7.85. The number of carbonyl (C=O) groups excluding carboxylic acids is 1. The monoisotopic (exact) mass is 414 g/mol. The summed E-state index contributed by atoms with van der Waals surface area (Å²) < 4.78 is 32.9. The lowest BCUT2D eigenvalue weighted by Crippen LogP contribution is -2.45. The molecule has 2 fully saturated rings. The molecule has 2 aromatic carbocycles. The van der Waals surface area contributed by atoms with Gasteiger partial charge in [-0.15, -0.1) is 0 Å². The maximum atomic E-state index is 13.3. The molecule has 154 valence electrons. The van der Waals surface area contributed by atoms with Crippen LogP contribution in [0.2, 0.25) is 0 Å². The fourth-order valence-electron chi connectivity index (χ4n) is 4.59. The van der Waals surface area contributed by atoms with Gasteiger partial charge in [0.1, 0.15) is 12.3 Å². The quantitative estimate of drug-likeness (QED) is 0.755. The fourth-order valence-corrected chi connectivity index (χ4v) is 6.03. The molecule has 29 heavy (non-hydrogen) atoms. The zero-order chi connectivity index (χ0) is 20.4. The summed E-state index contributed by atoms with van der Waals surface area (Å²) in [4.78, 5) is 13.0. The van der Waals surface area contributed by atoms with E-state index < -0.39 is 10.0 Å². The first-order chi connectivity index (χ1) is 14.0. The Morgan fingerprint density at radius 1 is 1.07 bits per heavy atom. The van der Waals surface area contributed by atoms with Gasteiger partial charge in [0.15, 0.2) is 0 Å². The normalized spacial score (nSPS) is 23.0. The van der Waals surface area contributed by atoms with Crippen molar-refractivity contribution in [3.63, 3.8) is 0 Å². The number of hydrogen-bond acceptors (Lipinski definition) is 4. The van der Waals surface area contributed by atoms with E-state index in [0.29, 0.717) is 23.3 Å². The molecule has 2 saturated carbocycles. The number of amides is 1. The molecule has 6 nitrogen and oxygen atoms in total. The Labute approximate surface area is 171 Å². The largest absolute Gasteiger partial charge is 0.497 e. The molecule has 0 spiro atoms. The number of hydrogen-bond donors (Lipinski definition) is 1. The Kier molecular flexibility index (Phi) is 5.50. The van der Waals surface area contributed by atoms with Crippen molar-refractivity contribution in [1.29, 1.82) is 0 Å². The van der Waals surface area contributed by atoms with Crippen LogP contribution in [0.4, 0.5) is 5.69 Å². The summed E-state index contributed by atoms with van der Waals surface area (Å²) in [7, 11) is -2.33. The summed E-state index contributed by atoms with van der Waals surface area (Å²) in [6.45, 7) is -0.253. The second-order valence-electron chi connectivity index (χ2n) is 7.87. The van der Waals surface area contributed by atoms with Gasteiger partial charge in [-0.3, -0.25) is 9.10 Å². The zero-order valence-electron chi connectivity index (χ0n) is 16.5. The van der Waals surface area contributed by atoms with E-state index >= 15 is 0 Å². The van der Waals surface area contributed by atoms with E-state index in [-0.39, 0.29) is 23.4 Å². The van der Waals surface area contributed by atoms with E-state index in [1.165, 1.54) is 17.1 Å². The number of benzene rings is 2. The molecule has 0 radical (unpaired) electrons. The van der Waals surface area contributed by atoms with Crippen molar-refractivity contribution in [2.24, 2.45) is 11.8 Å². The SMILES string of the molecule is COc1ccc(N(CC(=O)N[C@H]2C[C@@H]3CC[C@@H]2C3)S(=O)(=O)c2ccccc2)cc1. The minimum Gasteiger partial charge on any atom is -0.497 e. The molecular weight excluding hydrogens is 388 g/mol. The van der Waals surface area contributed by atoms with Gasteiger partial charge in [0.2, 0.25) is 5.91 Å². The average Bonchev–Trinajstić information content (AvgIpc) is 3.36. The zero-order valence-corrected chi connectivity index (χ0v) is 17.3. The van der Waals surface area contributed by atoms with Crippen LogP contribution < -0.4 is 14.4 Å².